The molecule has 1 saturated heterocycles. The number of benzene rings is 3. The number of hydrogen-bond donors (Lipinski definition) is 0. The van der Waals surface area contributed by atoms with Gasteiger partial charge in [-0.05, 0) is 101 Å². The van der Waals surface area contributed by atoms with Gasteiger partial charge in [0.1, 0.15) is 18.8 Å². The smallest absolute Gasteiger partial charge is 0.325 e. The normalized spacial score (nSPS) is 14.2. The van der Waals surface area contributed by atoms with E-state index < -0.39 is 5.97 Å². The molecule has 0 aromatic heterocycles. The number of hydrogen-bond acceptors (Lipinski definition) is 6. The van der Waals surface area contributed by atoms with Crippen LogP contribution in [0.5, 0.6) is 11.5 Å². The van der Waals surface area contributed by atoms with Crippen molar-refractivity contribution in [3.05, 3.63) is 92.5 Å². The second-order valence-corrected chi connectivity index (χ2v) is 10.5. The van der Waals surface area contributed by atoms with E-state index in [-0.39, 0.29) is 23.3 Å². The quantitative estimate of drug-likeness (QED) is 0.137. The van der Waals surface area contributed by atoms with Crippen LogP contribution in [-0.4, -0.2) is 42.2 Å². The monoisotopic (exact) mass is 642 g/mol. The molecule has 0 aliphatic carbocycles. The fourth-order valence-corrected chi connectivity index (χ4v) is 5.15. The topological polar surface area (TPSA) is 68.3 Å². The SMILES string of the molecule is CCOc1cc(/C=C2/C(=O)N(c3ccc(CC)cc3)C(=S)N2CC(=O)OC)cc(Br)c1OCc1ccc(Cl)cc1. The first kappa shape index (κ1) is 29.6. The van der Waals surface area contributed by atoms with E-state index in [4.69, 9.17) is 38.0 Å². The number of ether oxygens (including phenoxy) is 3. The van der Waals surface area contributed by atoms with E-state index in [2.05, 4.69) is 22.9 Å². The van der Waals surface area contributed by atoms with Crippen LogP contribution in [0.4, 0.5) is 5.69 Å². The van der Waals surface area contributed by atoms with E-state index >= 15 is 0 Å². The highest BCUT2D eigenvalue weighted by atomic mass is 79.9. The van der Waals surface area contributed by atoms with Gasteiger partial charge in [-0.15, -0.1) is 0 Å². The van der Waals surface area contributed by atoms with Gasteiger partial charge in [-0.3, -0.25) is 14.5 Å². The van der Waals surface area contributed by atoms with Crippen LogP contribution >= 0.6 is 39.7 Å². The Kier molecular flexibility index (Phi) is 9.84. The first-order valence-corrected chi connectivity index (χ1v) is 14.2. The van der Waals surface area contributed by atoms with E-state index in [1.807, 2.05) is 49.4 Å². The molecule has 0 atom stereocenters. The zero-order chi connectivity index (χ0) is 28.8. The molecule has 10 heteroatoms. The van der Waals surface area contributed by atoms with Crippen LogP contribution in [0.3, 0.4) is 0 Å². The summed E-state index contributed by atoms with van der Waals surface area (Å²) in [6, 6.07) is 18.6. The number of esters is 1. The number of thiocarbonyl (C=S) groups is 1. The average Bonchev–Trinajstić information content (AvgIpc) is 3.17. The molecule has 1 aliphatic heterocycles. The third-order valence-electron chi connectivity index (χ3n) is 6.18. The minimum absolute atomic E-state index is 0.193. The van der Waals surface area contributed by atoms with Crippen molar-refractivity contribution >= 4 is 68.5 Å². The number of methoxy groups -OCH3 is 1. The summed E-state index contributed by atoms with van der Waals surface area (Å²) in [5.41, 5.74) is 3.58. The van der Waals surface area contributed by atoms with E-state index in [9.17, 15) is 9.59 Å². The molecule has 1 aliphatic rings. The summed E-state index contributed by atoms with van der Waals surface area (Å²) in [7, 11) is 1.29. The second kappa shape index (κ2) is 13.3. The number of carbonyl (C=O) groups is 2. The van der Waals surface area contributed by atoms with E-state index in [0.717, 1.165) is 17.5 Å². The number of rotatable bonds is 10. The van der Waals surface area contributed by atoms with Gasteiger partial charge in [-0.25, -0.2) is 0 Å². The molecule has 4 rings (SSSR count). The molecule has 0 bridgehead atoms. The molecular formula is C30H28BrClN2O5S. The maximum absolute atomic E-state index is 13.7. The first-order chi connectivity index (χ1) is 19.2. The molecule has 0 radical (unpaired) electrons. The minimum atomic E-state index is -0.522. The van der Waals surface area contributed by atoms with Crippen molar-refractivity contribution in [3.8, 4) is 11.5 Å². The van der Waals surface area contributed by atoms with Crippen LogP contribution in [0.25, 0.3) is 6.08 Å². The lowest BCUT2D eigenvalue weighted by Crippen LogP contribution is -2.35. The first-order valence-electron chi connectivity index (χ1n) is 12.6. The Labute approximate surface area is 252 Å². The van der Waals surface area contributed by atoms with Crippen LogP contribution in [0.1, 0.15) is 30.5 Å². The fourth-order valence-electron chi connectivity index (χ4n) is 4.10. The van der Waals surface area contributed by atoms with Gasteiger partial charge in [-0.2, -0.15) is 0 Å². The maximum atomic E-state index is 13.7. The van der Waals surface area contributed by atoms with E-state index in [1.165, 1.54) is 16.9 Å². The molecule has 1 fully saturated rings. The maximum Gasteiger partial charge on any atom is 0.325 e. The van der Waals surface area contributed by atoms with Crippen molar-refractivity contribution in [3.63, 3.8) is 0 Å². The molecule has 0 N–H and O–H groups in total. The highest BCUT2D eigenvalue weighted by Crippen LogP contribution is 2.39. The van der Waals surface area contributed by atoms with Gasteiger partial charge in [0.25, 0.3) is 5.91 Å². The molecule has 0 unspecified atom stereocenters. The Morgan fingerprint density at radius 3 is 2.33 bits per heavy atom. The summed E-state index contributed by atoms with van der Waals surface area (Å²) in [4.78, 5) is 28.9. The molecule has 208 valence electrons. The number of carbonyl (C=O) groups excluding carboxylic acids is 2. The van der Waals surface area contributed by atoms with Crippen LogP contribution in [0.15, 0.2) is 70.8 Å². The Bertz CT molecular complexity index is 1440. The standard InChI is InChI=1S/C30H28BrClN2O5S/c1-4-19-8-12-23(13-9-19)34-29(36)25(33(30(34)40)17-27(35)37-3)15-21-14-24(31)28(26(16-21)38-5-2)39-18-20-6-10-22(32)11-7-20/h6-16H,4-5,17-18H2,1-3H3/b25-15-. The molecule has 1 amide bonds. The van der Waals surface area contributed by atoms with Crippen molar-refractivity contribution < 1.29 is 23.8 Å². The van der Waals surface area contributed by atoms with Gasteiger partial charge in [0, 0.05) is 5.02 Å². The van der Waals surface area contributed by atoms with E-state index in [1.54, 1.807) is 24.3 Å². The molecule has 0 spiro atoms. The Morgan fingerprint density at radius 2 is 1.70 bits per heavy atom. The molecule has 1 heterocycles. The third-order valence-corrected chi connectivity index (χ3v) is 7.43. The van der Waals surface area contributed by atoms with Crippen molar-refractivity contribution in [2.75, 3.05) is 25.2 Å². The van der Waals surface area contributed by atoms with Crippen molar-refractivity contribution in [2.24, 2.45) is 0 Å². The van der Waals surface area contributed by atoms with Crippen LogP contribution in [0.2, 0.25) is 5.02 Å². The number of anilines is 1. The molecule has 7 nitrogen and oxygen atoms in total. The predicted octanol–water partition coefficient (Wildman–Crippen LogP) is 6.79. The molecule has 0 saturated carbocycles. The third kappa shape index (κ3) is 6.66. The van der Waals surface area contributed by atoms with Crippen LogP contribution in [-0.2, 0) is 27.4 Å². The fraction of sp³-hybridized carbons (Fsp3) is 0.233. The van der Waals surface area contributed by atoms with Crippen molar-refractivity contribution in [2.45, 2.75) is 26.9 Å². The summed E-state index contributed by atoms with van der Waals surface area (Å²) in [6.07, 6.45) is 2.54. The van der Waals surface area contributed by atoms with E-state index in [0.29, 0.717) is 45.5 Å². The number of aryl methyl sites for hydroxylation is 1. The lowest BCUT2D eigenvalue weighted by Gasteiger charge is -2.19. The van der Waals surface area contributed by atoms with Gasteiger partial charge >= 0.3 is 5.97 Å². The highest BCUT2D eigenvalue weighted by molar-refractivity contribution is 9.10. The van der Waals surface area contributed by atoms with Gasteiger partial charge in [0.15, 0.2) is 16.6 Å². The highest BCUT2D eigenvalue weighted by Gasteiger charge is 2.40. The van der Waals surface area contributed by atoms with Crippen LogP contribution < -0.4 is 14.4 Å². The molecule has 3 aromatic rings. The lowest BCUT2D eigenvalue weighted by molar-refractivity contribution is -0.140. The Balaban J connectivity index is 1.70. The summed E-state index contributed by atoms with van der Waals surface area (Å²) in [6.45, 7) is 4.44. The van der Waals surface area contributed by atoms with Gasteiger partial charge < -0.3 is 19.1 Å². The predicted molar refractivity (Wildman–Crippen MR) is 164 cm³/mol. The lowest BCUT2D eigenvalue weighted by atomic mass is 10.1. The number of amides is 1. The van der Waals surface area contributed by atoms with Gasteiger partial charge in [-0.1, -0.05) is 42.8 Å². The Hall–Kier alpha value is -3.40. The largest absolute Gasteiger partial charge is 0.490 e. The molecule has 3 aromatic carbocycles. The zero-order valence-electron chi connectivity index (χ0n) is 22.3. The summed E-state index contributed by atoms with van der Waals surface area (Å²) >= 11 is 15.3. The number of nitrogens with zero attached hydrogens (tertiary/aromatic N) is 2. The molecule has 40 heavy (non-hydrogen) atoms. The second-order valence-electron chi connectivity index (χ2n) is 8.81. The number of halogens is 2. The van der Waals surface area contributed by atoms with Gasteiger partial charge in [0.05, 0.1) is 23.9 Å². The summed E-state index contributed by atoms with van der Waals surface area (Å²) in [5.74, 6) is 0.148. The average molecular weight is 644 g/mol. The minimum Gasteiger partial charge on any atom is -0.490 e. The Morgan fingerprint density at radius 1 is 1.02 bits per heavy atom. The zero-order valence-corrected chi connectivity index (χ0v) is 25.4. The van der Waals surface area contributed by atoms with Crippen molar-refractivity contribution in [1.29, 1.82) is 0 Å². The summed E-state index contributed by atoms with van der Waals surface area (Å²) < 4.78 is 17.5. The van der Waals surface area contributed by atoms with Crippen LogP contribution in [0, 0.1) is 0 Å². The summed E-state index contributed by atoms with van der Waals surface area (Å²) in [5, 5.41) is 0.842. The molecular weight excluding hydrogens is 616 g/mol. The van der Waals surface area contributed by atoms with Gasteiger partial charge in [0.2, 0.25) is 0 Å². The van der Waals surface area contributed by atoms with Crippen molar-refractivity contribution in [1.82, 2.24) is 4.90 Å².